The van der Waals surface area contributed by atoms with E-state index in [1.807, 2.05) is 60.0 Å². The van der Waals surface area contributed by atoms with Gasteiger partial charge < -0.3 is 9.88 Å². The fourth-order valence-corrected chi connectivity index (χ4v) is 3.34. The number of para-hydroxylation sites is 2. The average molecular weight is 374 g/mol. The SMILES string of the molecule is CCc1nc2ccccc2n1CC(=O)N[C@H](C)c1ccc(-n2cncn2)cc1. The lowest BCUT2D eigenvalue weighted by Crippen LogP contribution is -2.30. The summed E-state index contributed by atoms with van der Waals surface area (Å²) in [6.45, 7) is 4.29. The first kappa shape index (κ1) is 17.9. The minimum Gasteiger partial charge on any atom is -0.348 e. The summed E-state index contributed by atoms with van der Waals surface area (Å²) in [5.74, 6) is 0.881. The number of nitrogens with zero attached hydrogens (tertiary/aromatic N) is 5. The van der Waals surface area contributed by atoms with Gasteiger partial charge in [-0.1, -0.05) is 31.2 Å². The van der Waals surface area contributed by atoms with Gasteiger partial charge in [-0.05, 0) is 36.8 Å². The Morgan fingerprint density at radius 2 is 1.93 bits per heavy atom. The molecule has 1 N–H and O–H groups in total. The van der Waals surface area contributed by atoms with Gasteiger partial charge >= 0.3 is 0 Å². The van der Waals surface area contributed by atoms with Gasteiger partial charge in [-0.15, -0.1) is 0 Å². The minimum atomic E-state index is -0.0999. The van der Waals surface area contributed by atoms with Crippen molar-refractivity contribution in [1.29, 1.82) is 0 Å². The second-order valence-electron chi connectivity index (χ2n) is 6.68. The Labute approximate surface area is 163 Å². The van der Waals surface area contributed by atoms with Crippen molar-refractivity contribution in [2.75, 3.05) is 0 Å². The van der Waals surface area contributed by atoms with Crippen molar-refractivity contribution in [3.8, 4) is 5.69 Å². The number of nitrogens with one attached hydrogen (secondary N) is 1. The normalized spacial score (nSPS) is 12.2. The van der Waals surface area contributed by atoms with E-state index in [0.29, 0.717) is 0 Å². The molecule has 0 radical (unpaired) electrons. The molecule has 0 spiro atoms. The molecular weight excluding hydrogens is 352 g/mol. The monoisotopic (exact) mass is 374 g/mol. The molecule has 4 rings (SSSR count). The number of carbonyl (C=O) groups is 1. The highest BCUT2D eigenvalue weighted by Crippen LogP contribution is 2.18. The molecule has 1 atom stereocenters. The van der Waals surface area contributed by atoms with Crippen LogP contribution in [0, 0.1) is 0 Å². The highest BCUT2D eigenvalue weighted by molar-refractivity contribution is 5.81. The van der Waals surface area contributed by atoms with Gasteiger partial charge in [0.1, 0.15) is 25.0 Å². The Hall–Kier alpha value is -3.48. The zero-order valence-corrected chi connectivity index (χ0v) is 15.9. The summed E-state index contributed by atoms with van der Waals surface area (Å²) in [6.07, 6.45) is 3.93. The zero-order chi connectivity index (χ0) is 19.5. The maximum Gasteiger partial charge on any atom is 0.240 e. The molecule has 0 saturated carbocycles. The molecule has 28 heavy (non-hydrogen) atoms. The van der Waals surface area contributed by atoms with E-state index in [9.17, 15) is 4.79 Å². The van der Waals surface area contributed by atoms with Crippen molar-refractivity contribution in [3.05, 3.63) is 72.6 Å². The third kappa shape index (κ3) is 3.51. The Morgan fingerprint density at radius 3 is 2.64 bits per heavy atom. The van der Waals surface area contributed by atoms with Crippen molar-refractivity contribution in [1.82, 2.24) is 29.6 Å². The maximum atomic E-state index is 12.7. The van der Waals surface area contributed by atoms with Crippen molar-refractivity contribution in [2.45, 2.75) is 32.9 Å². The topological polar surface area (TPSA) is 77.6 Å². The van der Waals surface area contributed by atoms with Crippen LogP contribution in [0.5, 0.6) is 0 Å². The number of fused-ring (bicyclic) bond motifs is 1. The van der Waals surface area contributed by atoms with Crippen molar-refractivity contribution in [3.63, 3.8) is 0 Å². The van der Waals surface area contributed by atoms with Crippen molar-refractivity contribution in [2.24, 2.45) is 0 Å². The minimum absolute atomic E-state index is 0.0364. The first-order chi connectivity index (χ1) is 13.7. The average Bonchev–Trinajstić information content (AvgIpc) is 3.36. The fraction of sp³-hybridized carbons (Fsp3) is 0.238. The summed E-state index contributed by atoms with van der Waals surface area (Å²) in [4.78, 5) is 21.3. The molecule has 0 fully saturated rings. The van der Waals surface area contributed by atoms with Crippen molar-refractivity contribution < 1.29 is 4.79 Å². The molecule has 2 heterocycles. The standard InChI is InChI=1S/C21H22N6O/c1-3-20-25-18-6-4-5-7-19(18)26(20)12-21(28)24-15(2)16-8-10-17(11-9-16)27-14-22-13-23-27/h4-11,13-15H,3,12H2,1-2H3,(H,24,28)/t15-/m1/s1. The smallest absolute Gasteiger partial charge is 0.240 e. The lowest BCUT2D eigenvalue weighted by atomic mass is 10.1. The number of benzene rings is 2. The zero-order valence-electron chi connectivity index (χ0n) is 15.9. The molecule has 7 heteroatoms. The van der Waals surface area contributed by atoms with E-state index in [1.165, 1.54) is 6.33 Å². The third-order valence-electron chi connectivity index (χ3n) is 4.81. The van der Waals surface area contributed by atoms with Gasteiger partial charge in [-0.2, -0.15) is 5.10 Å². The molecule has 0 saturated heterocycles. The summed E-state index contributed by atoms with van der Waals surface area (Å²) in [5.41, 5.74) is 3.86. The number of hydrogen-bond acceptors (Lipinski definition) is 4. The van der Waals surface area contributed by atoms with E-state index < -0.39 is 0 Å². The van der Waals surface area contributed by atoms with Crippen molar-refractivity contribution >= 4 is 16.9 Å². The number of carbonyl (C=O) groups excluding carboxylic acids is 1. The van der Waals surface area contributed by atoms with E-state index in [1.54, 1.807) is 11.0 Å². The summed E-state index contributed by atoms with van der Waals surface area (Å²) < 4.78 is 3.69. The van der Waals surface area contributed by atoms with E-state index in [-0.39, 0.29) is 18.5 Å². The molecule has 0 aliphatic heterocycles. The van der Waals surface area contributed by atoms with Gasteiger partial charge in [-0.3, -0.25) is 4.79 Å². The van der Waals surface area contributed by atoms with Gasteiger partial charge in [0.2, 0.25) is 5.91 Å². The van der Waals surface area contributed by atoms with Crippen LogP contribution < -0.4 is 5.32 Å². The number of imidazole rings is 1. The molecule has 142 valence electrons. The predicted octanol–water partition coefficient (Wildman–Crippen LogP) is 3.06. The number of aryl methyl sites for hydroxylation is 1. The number of aromatic nitrogens is 5. The highest BCUT2D eigenvalue weighted by atomic mass is 16.2. The van der Waals surface area contributed by atoms with Gasteiger partial charge in [0.25, 0.3) is 0 Å². The Kier molecular flexibility index (Phi) is 4.89. The quantitative estimate of drug-likeness (QED) is 0.563. The lowest BCUT2D eigenvalue weighted by molar-refractivity contribution is -0.122. The molecule has 0 unspecified atom stereocenters. The van der Waals surface area contributed by atoms with Crippen LogP contribution in [0.1, 0.15) is 31.3 Å². The second kappa shape index (κ2) is 7.64. The molecule has 2 aromatic heterocycles. The molecule has 0 aliphatic carbocycles. The number of amides is 1. The summed E-state index contributed by atoms with van der Waals surface area (Å²) in [6, 6.07) is 15.7. The fourth-order valence-electron chi connectivity index (χ4n) is 3.34. The van der Waals surface area contributed by atoms with Crippen LogP contribution in [-0.4, -0.2) is 30.2 Å². The van der Waals surface area contributed by atoms with Crippen LogP contribution in [-0.2, 0) is 17.8 Å². The molecular formula is C21H22N6O. The first-order valence-electron chi connectivity index (χ1n) is 9.34. The molecule has 1 amide bonds. The van der Waals surface area contributed by atoms with E-state index in [2.05, 4.69) is 27.3 Å². The Bertz CT molecular complexity index is 1080. The number of hydrogen-bond donors (Lipinski definition) is 1. The molecule has 2 aromatic carbocycles. The molecule has 7 nitrogen and oxygen atoms in total. The molecule has 4 aromatic rings. The maximum absolute atomic E-state index is 12.7. The third-order valence-corrected chi connectivity index (χ3v) is 4.81. The Morgan fingerprint density at radius 1 is 1.14 bits per heavy atom. The van der Waals surface area contributed by atoms with E-state index in [0.717, 1.165) is 34.5 Å². The lowest BCUT2D eigenvalue weighted by Gasteiger charge is -2.16. The van der Waals surface area contributed by atoms with Crippen LogP contribution in [0.15, 0.2) is 61.2 Å². The molecule has 0 aliphatic rings. The summed E-state index contributed by atoms with van der Waals surface area (Å²) >= 11 is 0. The van der Waals surface area contributed by atoms with E-state index >= 15 is 0 Å². The predicted molar refractivity (Wildman–Crippen MR) is 107 cm³/mol. The summed E-state index contributed by atoms with van der Waals surface area (Å²) in [7, 11) is 0. The van der Waals surface area contributed by atoms with Gasteiger partial charge in [-0.25, -0.2) is 14.6 Å². The Balaban J connectivity index is 1.47. The van der Waals surface area contributed by atoms with Crippen LogP contribution in [0.25, 0.3) is 16.7 Å². The van der Waals surface area contributed by atoms with Gasteiger partial charge in [0.05, 0.1) is 22.8 Å². The van der Waals surface area contributed by atoms with Gasteiger partial charge in [0.15, 0.2) is 0 Å². The van der Waals surface area contributed by atoms with Crippen LogP contribution >= 0.6 is 0 Å². The van der Waals surface area contributed by atoms with Crippen LogP contribution in [0.4, 0.5) is 0 Å². The van der Waals surface area contributed by atoms with Gasteiger partial charge in [0, 0.05) is 6.42 Å². The number of rotatable bonds is 6. The van der Waals surface area contributed by atoms with E-state index in [4.69, 9.17) is 0 Å². The van der Waals surface area contributed by atoms with Crippen LogP contribution in [0.2, 0.25) is 0 Å². The molecule has 0 bridgehead atoms. The first-order valence-corrected chi connectivity index (χ1v) is 9.34. The van der Waals surface area contributed by atoms with Crippen LogP contribution in [0.3, 0.4) is 0 Å². The highest BCUT2D eigenvalue weighted by Gasteiger charge is 2.15. The largest absolute Gasteiger partial charge is 0.348 e. The summed E-state index contributed by atoms with van der Waals surface area (Å²) in [5, 5.41) is 7.20. The second-order valence-corrected chi connectivity index (χ2v) is 6.68.